The van der Waals surface area contributed by atoms with Crippen LogP contribution in [-0.4, -0.2) is 23.0 Å². The van der Waals surface area contributed by atoms with Crippen molar-refractivity contribution in [2.24, 2.45) is 5.92 Å². The molecule has 4 heteroatoms. The normalized spacial score (nSPS) is 25.2. The molecule has 0 radical (unpaired) electrons. The minimum Gasteiger partial charge on any atom is -0.437 e. The first-order valence-electron chi connectivity index (χ1n) is 6.17. The third-order valence-corrected chi connectivity index (χ3v) is 3.26. The molecule has 0 N–H and O–H groups in total. The first-order chi connectivity index (χ1) is 9.25. The average Bonchev–Trinajstić information content (AvgIpc) is 2.45. The van der Waals surface area contributed by atoms with E-state index in [0.717, 1.165) is 5.56 Å². The van der Waals surface area contributed by atoms with E-state index in [9.17, 15) is 9.59 Å². The van der Waals surface area contributed by atoms with Crippen molar-refractivity contribution in [3.8, 4) is 0 Å². The average molecular weight is 255 g/mol. The molecule has 0 saturated carbocycles. The molecule has 96 valence electrons. The molecular formula is C15H13NO3. The van der Waals surface area contributed by atoms with E-state index in [1.54, 1.807) is 24.4 Å². The molecular weight excluding hydrogens is 242 g/mol. The zero-order valence-corrected chi connectivity index (χ0v) is 10.2. The van der Waals surface area contributed by atoms with Crippen molar-refractivity contribution in [2.45, 2.75) is 12.6 Å². The molecule has 2 unspecified atom stereocenters. The SMILES string of the molecule is O=C1OC2C=CC=CN2C(=O)C1Cc1ccccc1. The fraction of sp³-hybridized carbons (Fsp3) is 0.200. The van der Waals surface area contributed by atoms with Gasteiger partial charge in [0, 0.05) is 6.20 Å². The molecule has 1 saturated heterocycles. The molecule has 1 aromatic rings. The van der Waals surface area contributed by atoms with Crippen LogP contribution in [0.5, 0.6) is 0 Å². The number of esters is 1. The highest BCUT2D eigenvalue weighted by molar-refractivity contribution is 6.00. The van der Waals surface area contributed by atoms with Crippen LogP contribution in [0, 0.1) is 5.92 Å². The third-order valence-electron chi connectivity index (χ3n) is 3.26. The van der Waals surface area contributed by atoms with Crippen LogP contribution >= 0.6 is 0 Å². The topological polar surface area (TPSA) is 46.6 Å². The van der Waals surface area contributed by atoms with Gasteiger partial charge in [-0.25, -0.2) is 0 Å². The summed E-state index contributed by atoms with van der Waals surface area (Å²) in [6.45, 7) is 0. The van der Waals surface area contributed by atoms with Crippen LogP contribution in [0.3, 0.4) is 0 Å². The number of nitrogens with zero attached hydrogens (tertiary/aromatic N) is 1. The summed E-state index contributed by atoms with van der Waals surface area (Å²) in [5.74, 6) is -1.41. The van der Waals surface area contributed by atoms with Crippen molar-refractivity contribution in [3.05, 3.63) is 60.3 Å². The summed E-state index contributed by atoms with van der Waals surface area (Å²) in [7, 11) is 0. The molecule has 1 fully saturated rings. The zero-order valence-electron chi connectivity index (χ0n) is 10.2. The van der Waals surface area contributed by atoms with Gasteiger partial charge in [0.25, 0.3) is 0 Å². The molecule has 19 heavy (non-hydrogen) atoms. The number of hydrogen-bond acceptors (Lipinski definition) is 3. The first-order valence-corrected chi connectivity index (χ1v) is 6.17. The number of carbonyl (C=O) groups is 2. The number of fused-ring (bicyclic) bond motifs is 1. The Balaban J connectivity index is 1.82. The molecule has 3 rings (SSSR count). The minimum atomic E-state index is -0.755. The van der Waals surface area contributed by atoms with Gasteiger partial charge in [-0.3, -0.25) is 14.5 Å². The number of allylic oxidation sites excluding steroid dienone is 2. The Hall–Kier alpha value is -2.36. The van der Waals surface area contributed by atoms with Crippen LogP contribution in [-0.2, 0) is 20.7 Å². The number of amides is 1. The lowest BCUT2D eigenvalue weighted by molar-refractivity contribution is -0.176. The van der Waals surface area contributed by atoms with Gasteiger partial charge in [-0.1, -0.05) is 36.4 Å². The van der Waals surface area contributed by atoms with Gasteiger partial charge in [-0.2, -0.15) is 0 Å². The lowest BCUT2D eigenvalue weighted by Gasteiger charge is -2.35. The summed E-state index contributed by atoms with van der Waals surface area (Å²) in [6.07, 6.45) is 6.65. The van der Waals surface area contributed by atoms with Crippen molar-refractivity contribution in [1.29, 1.82) is 0 Å². The summed E-state index contributed by atoms with van der Waals surface area (Å²) >= 11 is 0. The number of ether oxygens (including phenoxy) is 1. The summed E-state index contributed by atoms with van der Waals surface area (Å²) in [5.41, 5.74) is 0.952. The molecule has 0 bridgehead atoms. The number of rotatable bonds is 2. The van der Waals surface area contributed by atoms with Crippen LogP contribution in [0.1, 0.15) is 5.56 Å². The predicted octanol–water partition coefficient (Wildman–Crippen LogP) is 1.64. The smallest absolute Gasteiger partial charge is 0.321 e. The van der Waals surface area contributed by atoms with Crippen LogP contribution in [0.25, 0.3) is 0 Å². The van der Waals surface area contributed by atoms with E-state index < -0.39 is 18.1 Å². The van der Waals surface area contributed by atoms with E-state index in [4.69, 9.17) is 4.74 Å². The van der Waals surface area contributed by atoms with E-state index in [-0.39, 0.29) is 5.91 Å². The first kappa shape index (κ1) is 11.7. The maximum atomic E-state index is 12.3. The van der Waals surface area contributed by atoms with E-state index in [1.807, 2.05) is 30.3 Å². The van der Waals surface area contributed by atoms with E-state index in [1.165, 1.54) is 4.90 Å². The van der Waals surface area contributed by atoms with Gasteiger partial charge >= 0.3 is 5.97 Å². The number of benzene rings is 1. The van der Waals surface area contributed by atoms with Crippen molar-refractivity contribution >= 4 is 11.9 Å². The molecule has 2 aliphatic rings. The van der Waals surface area contributed by atoms with Crippen LogP contribution in [0.4, 0.5) is 0 Å². The lowest BCUT2D eigenvalue weighted by Crippen LogP contribution is -2.51. The maximum Gasteiger partial charge on any atom is 0.321 e. The monoisotopic (exact) mass is 255 g/mol. The Morgan fingerprint density at radius 1 is 1.11 bits per heavy atom. The Morgan fingerprint density at radius 3 is 2.68 bits per heavy atom. The molecule has 2 heterocycles. The molecule has 1 aromatic carbocycles. The summed E-state index contributed by atoms with van der Waals surface area (Å²) in [4.78, 5) is 25.7. The predicted molar refractivity (Wildman–Crippen MR) is 68.6 cm³/mol. The fourth-order valence-electron chi connectivity index (χ4n) is 2.28. The number of hydrogen-bond donors (Lipinski definition) is 0. The Kier molecular flexibility index (Phi) is 2.91. The highest BCUT2D eigenvalue weighted by Crippen LogP contribution is 2.24. The molecule has 0 aliphatic carbocycles. The molecule has 0 aromatic heterocycles. The van der Waals surface area contributed by atoms with Gasteiger partial charge in [0.15, 0.2) is 0 Å². The highest BCUT2D eigenvalue weighted by atomic mass is 16.6. The van der Waals surface area contributed by atoms with Gasteiger partial charge in [-0.15, -0.1) is 0 Å². The Morgan fingerprint density at radius 2 is 1.89 bits per heavy atom. The van der Waals surface area contributed by atoms with Crippen molar-refractivity contribution in [1.82, 2.24) is 4.90 Å². The fourth-order valence-corrected chi connectivity index (χ4v) is 2.28. The standard InChI is InChI=1S/C15H13NO3/c17-14-12(10-11-6-2-1-3-7-11)15(18)19-13-8-4-5-9-16(13)14/h1-9,12-13H,10H2. The van der Waals surface area contributed by atoms with Gasteiger partial charge in [0.05, 0.1) is 0 Å². The van der Waals surface area contributed by atoms with Gasteiger partial charge < -0.3 is 4.74 Å². The third kappa shape index (κ3) is 2.17. The van der Waals surface area contributed by atoms with E-state index in [2.05, 4.69) is 0 Å². The maximum absolute atomic E-state index is 12.3. The molecule has 4 nitrogen and oxygen atoms in total. The number of carbonyl (C=O) groups excluding carboxylic acids is 2. The van der Waals surface area contributed by atoms with E-state index >= 15 is 0 Å². The zero-order chi connectivity index (χ0) is 13.2. The highest BCUT2D eigenvalue weighted by Gasteiger charge is 2.41. The Bertz CT molecular complexity index is 562. The van der Waals surface area contributed by atoms with Crippen molar-refractivity contribution in [3.63, 3.8) is 0 Å². The quantitative estimate of drug-likeness (QED) is 0.596. The molecule has 2 aliphatic heterocycles. The summed E-state index contributed by atoms with van der Waals surface area (Å²) < 4.78 is 5.27. The van der Waals surface area contributed by atoms with Crippen molar-refractivity contribution in [2.75, 3.05) is 0 Å². The Labute approximate surface area is 111 Å². The molecule has 0 spiro atoms. The largest absolute Gasteiger partial charge is 0.437 e. The van der Waals surface area contributed by atoms with Gasteiger partial charge in [0.2, 0.25) is 12.1 Å². The molecule has 2 atom stereocenters. The van der Waals surface area contributed by atoms with Crippen LogP contribution in [0.15, 0.2) is 54.8 Å². The second-order valence-corrected chi connectivity index (χ2v) is 4.54. The van der Waals surface area contributed by atoms with E-state index in [0.29, 0.717) is 6.42 Å². The second-order valence-electron chi connectivity index (χ2n) is 4.54. The minimum absolute atomic E-state index is 0.203. The van der Waals surface area contributed by atoms with Crippen LogP contribution in [0.2, 0.25) is 0 Å². The lowest BCUT2D eigenvalue weighted by atomic mass is 9.96. The summed E-state index contributed by atoms with van der Waals surface area (Å²) in [6, 6.07) is 9.48. The molecule has 1 amide bonds. The van der Waals surface area contributed by atoms with Gasteiger partial charge in [0.1, 0.15) is 5.92 Å². The second kappa shape index (κ2) is 4.72. The van der Waals surface area contributed by atoms with Crippen molar-refractivity contribution < 1.29 is 14.3 Å². The summed E-state index contributed by atoms with van der Waals surface area (Å²) in [5, 5.41) is 0. The van der Waals surface area contributed by atoms with Crippen LogP contribution < -0.4 is 0 Å². The van der Waals surface area contributed by atoms with Gasteiger partial charge in [-0.05, 0) is 24.1 Å².